The van der Waals surface area contributed by atoms with Crippen molar-refractivity contribution in [3.8, 4) is 11.5 Å². The highest BCUT2D eigenvalue weighted by molar-refractivity contribution is 6.32. The van der Waals surface area contributed by atoms with Gasteiger partial charge in [-0.15, -0.1) is 0 Å². The van der Waals surface area contributed by atoms with Crippen molar-refractivity contribution in [2.75, 3.05) is 12.1 Å². The zero-order valence-corrected chi connectivity index (χ0v) is 13.9. The normalized spacial score (nSPS) is 15.8. The topological polar surface area (TPSA) is 62.1 Å². The van der Waals surface area contributed by atoms with E-state index in [-0.39, 0.29) is 11.7 Å². The van der Waals surface area contributed by atoms with Crippen molar-refractivity contribution in [3.05, 3.63) is 58.6 Å². The number of carbonyl (C=O) groups excluding carboxylic acids is 1. The van der Waals surface area contributed by atoms with Crippen LogP contribution in [0.1, 0.15) is 12.5 Å². The molecule has 6 heteroatoms. The maximum Gasteiger partial charge on any atom is 0.280 e. The van der Waals surface area contributed by atoms with E-state index in [0.717, 1.165) is 5.56 Å². The van der Waals surface area contributed by atoms with Crippen LogP contribution in [0.4, 0.5) is 5.69 Å². The van der Waals surface area contributed by atoms with Crippen LogP contribution in [0.2, 0.25) is 5.02 Å². The van der Waals surface area contributed by atoms with E-state index in [1.165, 1.54) is 18.2 Å². The second kappa shape index (κ2) is 6.37. The molecule has 1 amide bonds. The van der Waals surface area contributed by atoms with E-state index in [4.69, 9.17) is 16.3 Å². The number of nitrogens with zero attached hydrogens (tertiary/aromatic N) is 2. The van der Waals surface area contributed by atoms with Gasteiger partial charge < -0.3 is 9.84 Å². The summed E-state index contributed by atoms with van der Waals surface area (Å²) in [7, 11) is 1.47. The van der Waals surface area contributed by atoms with Crippen molar-refractivity contribution in [1.29, 1.82) is 0 Å². The summed E-state index contributed by atoms with van der Waals surface area (Å²) in [6, 6.07) is 11.8. The van der Waals surface area contributed by atoms with Gasteiger partial charge in [-0.3, -0.25) is 4.79 Å². The minimum Gasteiger partial charge on any atom is -0.504 e. The number of rotatable bonds is 3. The van der Waals surface area contributed by atoms with Gasteiger partial charge in [0.2, 0.25) is 0 Å². The Kier molecular flexibility index (Phi) is 4.27. The Labute approximate surface area is 144 Å². The van der Waals surface area contributed by atoms with Gasteiger partial charge in [0, 0.05) is 5.02 Å². The molecule has 122 valence electrons. The van der Waals surface area contributed by atoms with Gasteiger partial charge in [-0.1, -0.05) is 17.7 Å². The first-order chi connectivity index (χ1) is 11.5. The first kappa shape index (κ1) is 16.1. The van der Waals surface area contributed by atoms with E-state index in [0.29, 0.717) is 27.7 Å². The summed E-state index contributed by atoms with van der Waals surface area (Å²) in [5.41, 5.74) is 2.48. The molecule has 0 aliphatic carbocycles. The summed E-state index contributed by atoms with van der Waals surface area (Å²) in [4.78, 5) is 12.7. The van der Waals surface area contributed by atoms with Crippen LogP contribution >= 0.6 is 11.6 Å². The van der Waals surface area contributed by atoms with Gasteiger partial charge >= 0.3 is 0 Å². The van der Waals surface area contributed by atoms with Crippen LogP contribution in [-0.2, 0) is 4.79 Å². The minimum atomic E-state index is -0.220. The number of halogens is 1. The highest BCUT2D eigenvalue weighted by Gasteiger charge is 2.28. The minimum absolute atomic E-state index is 0.0468. The molecule has 2 aromatic rings. The van der Waals surface area contributed by atoms with Crippen molar-refractivity contribution in [1.82, 2.24) is 0 Å². The van der Waals surface area contributed by atoms with Gasteiger partial charge in [-0.2, -0.15) is 10.1 Å². The van der Waals surface area contributed by atoms with E-state index >= 15 is 0 Å². The Balaban J connectivity index is 1.94. The number of aromatic hydroxyl groups is 1. The molecule has 0 spiro atoms. The lowest BCUT2D eigenvalue weighted by atomic mass is 10.1. The number of hydrogen-bond acceptors (Lipinski definition) is 4. The zero-order valence-electron chi connectivity index (χ0n) is 13.2. The number of carbonyl (C=O) groups is 1. The summed E-state index contributed by atoms with van der Waals surface area (Å²) >= 11 is 5.88. The molecule has 0 saturated carbocycles. The SMILES string of the molecule is COc1cc(/C=C2/C(=O)N(c3ccc(Cl)cc3)N=C2C)ccc1O. The predicted molar refractivity (Wildman–Crippen MR) is 94.7 cm³/mol. The van der Waals surface area contributed by atoms with Gasteiger partial charge in [0.15, 0.2) is 11.5 Å². The molecule has 0 saturated heterocycles. The summed E-state index contributed by atoms with van der Waals surface area (Å²) in [6.45, 7) is 1.78. The molecule has 1 aliphatic rings. The van der Waals surface area contributed by atoms with Gasteiger partial charge in [-0.05, 0) is 55.0 Å². The standard InChI is InChI=1S/C18H15ClN2O3/c1-11-15(9-12-3-8-16(22)17(10-12)24-2)18(23)21(20-11)14-6-4-13(19)5-7-14/h3-10,22H,1-2H3/b15-9+. The van der Waals surface area contributed by atoms with Crippen molar-refractivity contribution in [2.24, 2.45) is 5.10 Å². The average molecular weight is 343 g/mol. The second-order valence-corrected chi connectivity index (χ2v) is 5.70. The second-order valence-electron chi connectivity index (χ2n) is 5.27. The third kappa shape index (κ3) is 2.98. The van der Waals surface area contributed by atoms with Crippen LogP contribution < -0.4 is 9.75 Å². The molecule has 1 aliphatic heterocycles. The quantitative estimate of drug-likeness (QED) is 0.861. The molecule has 0 bridgehead atoms. The molecule has 0 unspecified atom stereocenters. The molecule has 1 heterocycles. The molecule has 24 heavy (non-hydrogen) atoms. The fourth-order valence-electron chi connectivity index (χ4n) is 2.39. The third-order valence-corrected chi connectivity index (χ3v) is 3.90. The molecular formula is C18H15ClN2O3. The van der Waals surface area contributed by atoms with Crippen LogP contribution in [0.5, 0.6) is 11.5 Å². The van der Waals surface area contributed by atoms with Crippen LogP contribution in [0.15, 0.2) is 53.1 Å². The van der Waals surface area contributed by atoms with E-state index in [1.54, 1.807) is 49.4 Å². The van der Waals surface area contributed by atoms with Crippen LogP contribution in [0, 0.1) is 0 Å². The number of anilines is 1. The number of phenolic OH excluding ortho intramolecular Hbond substituents is 1. The van der Waals surface area contributed by atoms with Crippen LogP contribution in [-0.4, -0.2) is 23.8 Å². The molecule has 0 radical (unpaired) electrons. The third-order valence-electron chi connectivity index (χ3n) is 3.65. The monoisotopic (exact) mass is 342 g/mol. The number of ether oxygens (including phenoxy) is 1. The van der Waals surface area contributed by atoms with Crippen molar-refractivity contribution in [2.45, 2.75) is 6.92 Å². The molecule has 2 aromatic carbocycles. The molecule has 3 rings (SSSR count). The van der Waals surface area contributed by atoms with Crippen LogP contribution in [0.25, 0.3) is 6.08 Å². The fourth-order valence-corrected chi connectivity index (χ4v) is 2.52. The Morgan fingerprint density at radius 2 is 1.92 bits per heavy atom. The smallest absolute Gasteiger partial charge is 0.280 e. The largest absolute Gasteiger partial charge is 0.504 e. The van der Waals surface area contributed by atoms with Crippen LogP contribution in [0.3, 0.4) is 0 Å². The number of hydrazone groups is 1. The Hall–Kier alpha value is -2.79. The summed E-state index contributed by atoms with van der Waals surface area (Å²) in [5.74, 6) is 0.173. The number of hydrogen-bond donors (Lipinski definition) is 1. The highest BCUT2D eigenvalue weighted by atomic mass is 35.5. The summed E-state index contributed by atoms with van der Waals surface area (Å²) in [6.07, 6.45) is 1.72. The van der Waals surface area contributed by atoms with E-state index in [9.17, 15) is 9.90 Å². The maximum absolute atomic E-state index is 12.7. The van der Waals surface area contributed by atoms with Gasteiger partial charge in [0.25, 0.3) is 5.91 Å². The zero-order chi connectivity index (χ0) is 17.3. The molecule has 1 N–H and O–H groups in total. The lowest BCUT2D eigenvalue weighted by molar-refractivity contribution is -0.114. The molecule has 0 fully saturated rings. The van der Waals surface area contributed by atoms with E-state index in [2.05, 4.69) is 5.10 Å². The molecular weight excluding hydrogens is 328 g/mol. The lowest BCUT2D eigenvalue weighted by Crippen LogP contribution is -2.21. The Morgan fingerprint density at radius 3 is 2.58 bits per heavy atom. The predicted octanol–water partition coefficient (Wildman–Crippen LogP) is 3.86. The van der Waals surface area contributed by atoms with E-state index in [1.807, 2.05) is 0 Å². The first-order valence-corrected chi connectivity index (χ1v) is 7.61. The maximum atomic E-state index is 12.7. The lowest BCUT2D eigenvalue weighted by Gasteiger charge is -2.11. The van der Waals surface area contributed by atoms with Crippen molar-refractivity contribution < 1.29 is 14.6 Å². The fraction of sp³-hybridized carbons (Fsp3) is 0.111. The van der Waals surface area contributed by atoms with Gasteiger partial charge in [0.05, 0.1) is 24.1 Å². The van der Waals surface area contributed by atoms with Crippen molar-refractivity contribution in [3.63, 3.8) is 0 Å². The molecule has 5 nitrogen and oxygen atoms in total. The Bertz CT molecular complexity index is 857. The highest BCUT2D eigenvalue weighted by Crippen LogP contribution is 2.29. The number of methoxy groups -OCH3 is 1. The molecule has 0 atom stereocenters. The number of phenols is 1. The first-order valence-electron chi connectivity index (χ1n) is 7.24. The number of amides is 1. The Morgan fingerprint density at radius 1 is 1.21 bits per heavy atom. The van der Waals surface area contributed by atoms with E-state index < -0.39 is 0 Å². The van der Waals surface area contributed by atoms with Crippen molar-refractivity contribution >= 4 is 35.0 Å². The average Bonchev–Trinajstić information content (AvgIpc) is 2.85. The summed E-state index contributed by atoms with van der Waals surface area (Å²) < 4.78 is 5.09. The summed E-state index contributed by atoms with van der Waals surface area (Å²) in [5, 5.41) is 15.9. The number of benzene rings is 2. The molecule has 0 aromatic heterocycles. The van der Waals surface area contributed by atoms with Gasteiger partial charge in [-0.25, -0.2) is 0 Å². The van der Waals surface area contributed by atoms with Gasteiger partial charge in [0.1, 0.15) is 0 Å².